The number of hydrogen-bond donors (Lipinski definition) is 0. The minimum Gasteiger partial charge on any atom is -0.497 e. The van der Waals surface area contributed by atoms with Crippen LogP contribution in [0.5, 0.6) is 5.75 Å². The molecule has 1 aliphatic heterocycles. The zero-order valence-electron chi connectivity index (χ0n) is 16.2. The number of rotatable bonds is 7. The summed E-state index contributed by atoms with van der Waals surface area (Å²) in [6, 6.07) is 5.97. The van der Waals surface area contributed by atoms with Crippen molar-refractivity contribution in [2.45, 2.75) is 51.4 Å². The Morgan fingerprint density at radius 2 is 2.00 bits per heavy atom. The van der Waals surface area contributed by atoms with E-state index in [1.54, 1.807) is 7.11 Å². The predicted octanol–water partition coefficient (Wildman–Crippen LogP) is 2.76. The molecule has 2 amide bonds. The first-order valence-electron chi connectivity index (χ1n) is 9.80. The third kappa shape index (κ3) is 3.25. The fourth-order valence-corrected chi connectivity index (χ4v) is 4.49. The van der Waals surface area contributed by atoms with Crippen LogP contribution in [0.2, 0.25) is 0 Å². The molecule has 0 aromatic heterocycles. The molecule has 0 radical (unpaired) electrons. The molecule has 1 unspecified atom stereocenters. The standard InChI is InChI=1S/C21H30N2O3/c1-4-22(5-2)12-7-13-23-19(24)15-21(20(23)25)11-6-8-16-9-10-17(26-3)14-18(16)21/h9-10,14H,4-8,11-13,15H2,1-3H3. The zero-order valence-corrected chi connectivity index (χ0v) is 16.2. The van der Waals surface area contributed by atoms with Crippen molar-refractivity contribution in [3.8, 4) is 5.75 Å². The smallest absolute Gasteiger partial charge is 0.240 e. The third-order valence-electron chi connectivity index (χ3n) is 6.04. The number of nitrogens with zero attached hydrogens (tertiary/aromatic N) is 2. The minimum atomic E-state index is -0.672. The van der Waals surface area contributed by atoms with Gasteiger partial charge in [-0.1, -0.05) is 19.9 Å². The summed E-state index contributed by atoms with van der Waals surface area (Å²) in [4.78, 5) is 29.9. The molecule has 5 heteroatoms. The van der Waals surface area contributed by atoms with E-state index in [0.717, 1.165) is 56.6 Å². The summed E-state index contributed by atoms with van der Waals surface area (Å²) >= 11 is 0. The maximum Gasteiger partial charge on any atom is 0.240 e. The number of fused-ring (bicyclic) bond motifs is 2. The van der Waals surface area contributed by atoms with Crippen LogP contribution in [0, 0.1) is 0 Å². The van der Waals surface area contributed by atoms with Crippen molar-refractivity contribution in [1.82, 2.24) is 9.80 Å². The number of benzene rings is 1. The van der Waals surface area contributed by atoms with Crippen LogP contribution >= 0.6 is 0 Å². The lowest BCUT2D eigenvalue weighted by Gasteiger charge is -2.33. The average molecular weight is 358 g/mol. The summed E-state index contributed by atoms with van der Waals surface area (Å²) in [6.07, 6.45) is 3.80. The fourth-order valence-electron chi connectivity index (χ4n) is 4.49. The first-order valence-corrected chi connectivity index (χ1v) is 9.80. The molecule has 0 N–H and O–H groups in total. The second kappa shape index (κ2) is 7.78. The molecule has 142 valence electrons. The number of aryl methyl sites for hydroxylation is 1. The lowest BCUT2D eigenvalue weighted by molar-refractivity contribution is -0.140. The van der Waals surface area contributed by atoms with E-state index >= 15 is 0 Å². The molecule has 1 aromatic carbocycles. The Hall–Kier alpha value is -1.88. The van der Waals surface area contributed by atoms with E-state index in [0.29, 0.717) is 13.0 Å². The van der Waals surface area contributed by atoms with Crippen LogP contribution in [0.4, 0.5) is 0 Å². The molecule has 0 saturated carbocycles. The quantitative estimate of drug-likeness (QED) is 0.703. The Bertz CT molecular complexity index is 684. The van der Waals surface area contributed by atoms with Gasteiger partial charge in [0, 0.05) is 13.0 Å². The number of carbonyl (C=O) groups excluding carboxylic acids is 2. The van der Waals surface area contributed by atoms with Gasteiger partial charge in [-0.25, -0.2) is 0 Å². The van der Waals surface area contributed by atoms with Crippen molar-refractivity contribution in [3.63, 3.8) is 0 Å². The zero-order chi connectivity index (χ0) is 18.7. The van der Waals surface area contributed by atoms with E-state index in [4.69, 9.17) is 4.74 Å². The van der Waals surface area contributed by atoms with Crippen LogP contribution < -0.4 is 4.74 Å². The Morgan fingerprint density at radius 1 is 1.23 bits per heavy atom. The second-order valence-electron chi connectivity index (χ2n) is 7.37. The highest BCUT2D eigenvalue weighted by atomic mass is 16.5. The van der Waals surface area contributed by atoms with Gasteiger partial charge in [0.15, 0.2) is 0 Å². The molecular weight excluding hydrogens is 328 g/mol. The number of amides is 2. The van der Waals surface area contributed by atoms with Gasteiger partial charge in [-0.05, 0) is 68.6 Å². The highest BCUT2D eigenvalue weighted by molar-refractivity contribution is 6.09. The molecule has 1 spiro atoms. The van der Waals surface area contributed by atoms with Crippen LogP contribution in [-0.2, 0) is 21.4 Å². The lowest BCUT2D eigenvalue weighted by Crippen LogP contribution is -2.41. The van der Waals surface area contributed by atoms with Crippen molar-refractivity contribution in [1.29, 1.82) is 0 Å². The third-order valence-corrected chi connectivity index (χ3v) is 6.04. The molecule has 1 atom stereocenters. The maximum absolute atomic E-state index is 13.3. The molecule has 2 aliphatic rings. The van der Waals surface area contributed by atoms with Crippen molar-refractivity contribution >= 4 is 11.8 Å². The summed E-state index contributed by atoms with van der Waals surface area (Å²) in [5, 5.41) is 0. The molecule has 26 heavy (non-hydrogen) atoms. The Morgan fingerprint density at radius 3 is 2.69 bits per heavy atom. The van der Waals surface area contributed by atoms with E-state index in [-0.39, 0.29) is 11.8 Å². The van der Waals surface area contributed by atoms with E-state index in [2.05, 4.69) is 24.8 Å². The highest BCUT2D eigenvalue weighted by Crippen LogP contribution is 2.46. The number of hydrogen-bond acceptors (Lipinski definition) is 4. The average Bonchev–Trinajstić information content (AvgIpc) is 2.90. The largest absolute Gasteiger partial charge is 0.497 e. The van der Waals surface area contributed by atoms with Gasteiger partial charge >= 0.3 is 0 Å². The van der Waals surface area contributed by atoms with Gasteiger partial charge in [-0.3, -0.25) is 14.5 Å². The van der Waals surface area contributed by atoms with Crippen molar-refractivity contribution in [3.05, 3.63) is 29.3 Å². The first-order chi connectivity index (χ1) is 12.6. The van der Waals surface area contributed by atoms with Crippen LogP contribution in [0.25, 0.3) is 0 Å². The number of methoxy groups -OCH3 is 1. The molecule has 1 aromatic rings. The molecular formula is C21H30N2O3. The lowest BCUT2D eigenvalue weighted by atomic mass is 9.69. The summed E-state index contributed by atoms with van der Waals surface area (Å²) in [5.41, 5.74) is 1.52. The van der Waals surface area contributed by atoms with Crippen LogP contribution in [0.15, 0.2) is 18.2 Å². The van der Waals surface area contributed by atoms with Gasteiger partial charge in [0.2, 0.25) is 11.8 Å². The SMILES string of the molecule is CCN(CC)CCCN1C(=O)CC2(CCCc3ccc(OC)cc32)C1=O. The van der Waals surface area contributed by atoms with Crippen molar-refractivity contribution < 1.29 is 14.3 Å². The van der Waals surface area contributed by atoms with Crippen LogP contribution in [0.1, 0.15) is 50.7 Å². The summed E-state index contributed by atoms with van der Waals surface area (Å²) in [6.45, 7) is 7.70. The number of carbonyl (C=O) groups is 2. The van der Waals surface area contributed by atoms with Gasteiger partial charge in [-0.2, -0.15) is 0 Å². The summed E-state index contributed by atoms with van der Waals surface area (Å²) < 4.78 is 5.37. The Labute approximate surface area is 156 Å². The maximum atomic E-state index is 13.3. The fraction of sp³-hybridized carbons (Fsp3) is 0.619. The number of likely N-dealkylation sites (tertiary alicyclic amines) is 1. The highest BCUT2D eigenvalue weighted by Gasteiger charge is 2.53. The molecule has 1 heterocycles. The van der Waals surface area contributed by atoms with E-state index in [1.807, 2.05) is 12.1 Å². The molecule has 0 bridgehead atoms. The van der Waals surface area contributed by atoms with Gasteiger partial charge in [0.05, 0.1) is 12.5 Å². The van der Waals surface area contributed by atoms with Crippen LogP contribution in [-0.4, -0.2) is 54.9 Å². The van der Waals surface area contributed by atoms with Crippen molar-refractivity contribution in [2.75, 3.05) is 33.3 Å². The minimum absolute atomic E-state index is 0.00347. The normalized spacial score (nSPS) is 22.4. The summed E-state index contributed by atoms with van der Waals surface area (Å²) in [5.74, 6) is 0.728. The van der Waals surface area contributed by atoms with E-state index in [1.165, 1.54) is 10.5 Å². The molecule has 1 aliphatic carbocycles. The van der Waals surface area contributed by atoms with E-state index in [9.17, 15) is 9.59 Å². The van der Waals surface area contributed by atoms with Crippen molar-refractivity contribution in [2.24, 2.45) is 0 Å². The molecule has 5 nitrogen and oxygen atoms in total. The second-order valence-corrected chi connectivity index (χ2v) is 7.37. The number of ether oxygens (including phenoxy) is 1. The molecule has 1 fully saturated rings. The van der Waals surface area contributed by atoms with Gasteiger partial charge in [0.1, 0.15) is 5.75 Å². The Kier molecular flexibility index (Phi) is 5.66. The predicted molar refractivity (Wildman–Crippen MR) is 101 cm³/mol. The Balaban J connectivity index is 1.81. The first kappa shape index (κ1) is 18.9. The molecule has 3 rings (SSSR count). The van der Waals surface area contributed by atoms with Gasteiger partial charge < -0.3 is 9.64 Å². The summed E-state index contributed by atoms with van der Waals surface area (Å²) in [7, 11) is 1.64. The number of imide groups is 1. The topological polar surface area (TPSA) is 49.9 Å². The van der Waals surface area contributed by atoms with Gasteiger partial charge in [-0.15, -0.1) is 0 Å². The van der Waals surface area contributed by atoms with Crippen LogP contribution in [0.3, 0.4) is 0 Å². The monoisotopic (exact) mass is 358 g/mol. The van der Waals surface area contributed by atoms with Gasteiger partial charge in [0.25, 0.3) is 0 Å². The molecule has 1 saturated heterocycles. The van der Waals surface area contributed by atoms with E-state index < -0.39 is 5.41 Å².